The van der Waals surface area contributed by atoms with Crippen LogP contribution in [0.15, 0.2) is 35.9 Å². The van der Waals surface area contributed by atoms with E-state index in [1.807, 2.05) is 0 Å². The third kappa shape index (κ3) is 6.64. The fourth-order valence-corrected chi connectivity index (χ4v) is 2.26. The predicted molar refractivity (Wildman–Crippen MR) is 82.7 cm³/mol. The second-order valence-corrected chi connectivity index (χ2v) is 5.13. The van der Waals surface area contributed by atoms with E-state index in [4.69, 9.17) is 0 Å². The third-order valence-corrected chi connectivity index (χ3v) is 3.37. The minimum Gasteiger partial charge on any atom is -0.0696 e. The summed E-state index contributed by atoms with van der Waals surface area (Å²) >= 11 is 0. The first kappa shape index (κ1) is 15.0. The lowest BCUT2D eigenvalue weighted by Crippen LogP contribution is -1.87. The SMILES string of the molecule is CCCCCC(=Cc1ccccc1)CCCCC. The summed E-state index contributed by atoms with van der Waals surface area (Å²) in [5.74, 6) is 0. The van der Waals surface area contributed by atoms with Crippen LogP contribution in [0.2, 0.25) is 0 Å². The highest BCUT2D eigenvalue weighted by Gasteiger charge is 1.99. The first-order chi connectivity index (χ1) is 8.86. The van der Waals surface area contributed by atoms with Crippen molar-refractivity contribution in [2.75, 3.05) is 0 Å². The molecular formula is C18H28. The monoisotopic (exact) mass is 244 g/mol. The minimum atomic E-state index is 1.28. The van der Waals surface area contributed by atoms with Crippen molar-refractivity contribution in [1.82, 2.24) is 0 Å². The van der Waals surface area contributed by atoms with Crippen LogP contribution < -0.4 is 0 Å². The molecule has 0 N–H and O–H groups in total. The van der Waals surface area contributed by atoms with Crippen molar-refractivity contribution in [3.05, 3.63) is 41.5 Å². The molecule has 0 spiro atoms. The van der Waals surface area contributed by atoms with Gasteiger partial charge in [0.15, 0.2) is 0 Å². The lowest BCUT2D eigenvalue weighted by Gasteiger charge is -2.07. The van der Waals surface area contributed by atoms with Crippen molar-refractivity contribution in [2.24, 2.45) is 0 Å². The molecule has 1 aromatic carbocycles. The summed E-state index contributed by atoms with van der Waals surface area (Å²) in [5.41, 5.74) is 3.00. The fourth-order valence-electron chi connectivity index (χ4n) is 2.26. The summed E-state index contributed by atoms with van der Waals surface area (Å²) in [7, 11) is 0. The summed E-state index contributed by atoms with van der Waals surface area (Å²) in [5, 5.41) is 0. The zero-order valence-electron chi connectivity index (χ0n) is 12.1. The van der Waals surface area contributed by atoms with Gasteiger partial charge in [-0.3, -0.25) is 0 Å². The van der Waals surface area contributed by atoms with Crippen LogP contribution in [0.25, 0.3) is 6.08 Å². The van der Waals surface area contributed by atoms with Gasteiger partial charge in [-0.2, -0.15) is 0 Å². The van der Waals surface area contributed by atoms with Crippen molar-refractivity contribution < 1.29 is 0 Å². The first-order valence-electron chi connectivity index (χ1n) is 7.61. The smallest absolute Gasteiger partial charge is 0.0257 e. The van der Waals surface area contributed by atoms with Crippen molar-refractivity contribution >= 4 is 6.08 Å². The van der Waals surface area contributed by atoms with Gasteiger partial charge >= 0.3 is 0 Å². The molecule has 0 aromatic heterocycles. The van der Waals surface area contributed by atoms with Gasteiger partial charge in [0.25, 0.3) is 0 Å². The Balaban J connectivity index is 2.54. The summed E-state index contributed by atoms with van der Waals surface area (Å²) in [4.78, 5) is 0. The minimum absolute atomic E-state index is 1.28. The second kappa shape index (κ2) is 9.94. The lowest BCUT2D eigenvalue weighted by molar-refractivity contribution is 0.662. The Morgan fingerprint density at radius 2 is 1.39 bits per heavy atom. The van der Waals surface area contributed by atoms with Gasteiger partial charge in [-0.15, -0.1) is 0 Å². The van der Waals surface area contributed by atoms with Gasteiger partial charge < -0.3 is 0 Å². The molecule has 0 bridgehead atoms. The number of unbranched alkanes of at least 4 members (excludes halogenated alkanes) is 4. The van der Waals surface area contributed by atoms with Crippen LogP contribution in [0.3, 0.4) is 0 Å². The average Bonchev–Trinajstić information content (AvgIpc) is 2.40. The Kier molecular flexibility index (Phi) is 8.29. The molecule has 18 heavy (non-hydrogen) atoms. The Bertz CT molecular complexity index is 309. The standard InChI is InChI=1S/C18H28/c1-3-5-8-12-17(13-9-6-4-2)16-18-14-10-7-11-15-18/h7,10-11,14-16H,3-6,8-9,12-13H2,1-2H3. The normalized spacial score (nSPS) is 10.3. The molecule has 0 saturated carbocycles. The molecule has 0 saturated heterocycles. The molecule has 0 heterocycles. The molecule has 0 heteroatoms. The highest BCUT2D eigenvalue weighted by molar-refractivity contribution is 5.52. The summed E-state index contributed by atoms with van der Waals surface area (Å²) < 4.78 is 0. The maximum absolute atomic E-state index is 2.41. The maximum atomic E-state index is 2.41. The Hall–Kier alpha value is -1.04. The highest BCUT2D eigenvalue weighted by atomic mass is 14.0. The average molecular weight is 244 g/mol. The number of rotatable bonds is 9. The summed E-state index contributed by atoms with van der Waals surface area (Å²) in [6.45, 7) is 4.55. The molecule has 0 aliphatic heterocycles. The van der Waals surface area contributed by atoms with Crippen LogP contribution in [0.1, 0.15) is 70.8 Å². The van der Waals surface area contributed by atoms with Crippen molar-refractivity contribution in [1.29, 1.82) is 0 Å². The Morgan fingerprint density at radius 3 is 1.89 bits per heavy atom. The molecule has 100 valence electrons. The van der Waals surface area contributed by atoms with E-state index >= 15 is 0 Å². The van der Waals surface area contributed by atoms with Crippen LogP contribution in [0.5, 0.6) is 0 Å². The van der Waals surface area contributed by atoms with Crippen LogP contribution >= 0.6 is 0 Å². The largest absolute Gasteiger partial charge is 0.0696 e. The zero-order chi connectivity index (χ0) is 13.1. The van der Waals surface area contributed by atoms with Gasteiger partial charge in [0, 0.05) is 0 Å². The highest BCUT2D eigenvalue weighted by Crippen LogP contribution is 2.19. The van der Waals surface area contributed by atoms with E-state index < -0.39 is 0 Å². The van der Waals surface area contributed by atoms with Gasteiger partial charge in [-0.1, -0.05) is 81.5 Å². The van der Waals surface area contributed by atoms with Crippen LogP contribution in [-0.2, 0) is 0 Å². The fraction of sp³-hybridized carbons (Fsp3) is 0.556. The Labute approximate surface area is 113 Å². The van der Waals surface area contributed by atoms with E-state index in [0.29, 0.717) is 0 Å². The molecule has 0 amide bonds. The zero-order valence-corrected chi connectivity index (χ0v) is 12.1. The van der Waals surface area contributed by atoms with E-state index in [2.05, 4.69) is 50.3 Å². The van der Waals surface area contributed by atoms with Gasteiger partial charge in [0.2, 0.25) is 0 Å². The van der Waals surface area contributed by atoms with E-state index in [1.54, 1.807) is 5.57 Å². The maximum Gasteiger partial charge on any atom is -0.0257 e. The quantitative estimate of drug-likeness (QED) is 0.452. The van der Waals surface area contributed by atoms with E-state index in [-0.39, 0.29) is 0 Å². The number of benzene rings is 1. The molecule has 0 aliphatic carbocycles. The van der Waals surface area contributed by atoms with Gasteiger partial charge in [0.1, 0.15) is 0 Å². The van der Waals surface area contributed by atoms with Gasteiger partial charge in [-0.25, -0.2) is 0 Å². The molecule has 0 atom stereocenters. The predicted octanol–water partition coefficient (Wildman–Crippen LogP) is 6.23. The molecule has 1 aromatic rings. The number of hydrogen-bond donors (Lipinski definition) is 0. The lowest BCUT2D eigenvalue weighted by atomic mass is 9.99. The molecule has 0 aliphatic rings. The Morgan fingerprint density at radius 1 is 0.833 bits per heavy atom. The van der Waals surface area contributed by atoms with E-state index in [0.717, 1.165) is 0 Å². The molecule has 0 unspecified atom stereocenters. The van der Waals surface area contributed by atoms with Crippen LogP contribution in [0, 0.1) is 0 Å². The second-order valence-electron chi connectivity index (χ2n) is 5.13. The molecular weight excluding hydrogens is 216 g/mol. The van der Waals surface area contributed by atoms with E-state index in [1.165, 1.54) is 56.9 Å². The van der Waals surface area contributed by atoms with Crippen LogP contribution in [0.4, 0.5) is 0 Å². The van der Waals surface area contributed by atoms with Crippen molar-refractivity contribution in [2.45, 2.75) is 65.2 Å². The van der Waals surface area contributed by atoms with Crippen LogP contribution in [-0.4, -0.2) is 0 Å². The van der Waals surface area contributed by atoms with E-state index in [9.17, 15) is 0 Å². The number of hydrogen-bond acceptors (Lipinski definition) is 0. The topological polar surface area (TPSA) is 0 Å². The van der Waals surface area contributed by atoms with Crippen molar-refractivity contribution in [3.63, 3.8) is 0 Å². The molecule has 0 fully saturated rings. The molecule has 0 nitrogen and oxygen atoms in total. The molecule has 1 rings (SSSR count). The summed E-state index contributed by atoms with van der Waals surface area (Å²) in [6.07, 6.45) is 13.0. The first-order valence-corrected chi connectivity index (χ1v) is 7.61. The summed E-state index contributed by atoms with van der Waals surface area (Å²) in [6, 6.07) is 10.8. The van der Waals surface area contributed by atoms with Crippen molar-refractivity contribution in [3.8, 4) is 0 Å². The van der Waals surface area contributed by atoms with Gasteiger partial charge in [-0.05, 0) is 31.2 Å². The third-order valence-electron chi connectivity index (χ3n) is 3.37. The van der Waals surface area contributed by atoms with Gasteiger partial charge in [0.05, 0.1) is 0 Å². The number of allylic oxidation sites excluding steroid dienone is 1. The molecule has 0 radical (unpaired) electrons.